The van der Waals surface area contributed by atoms with Crippen LogP contribution >= 0.6 is 34.7 Å². The second kappa shape index (κ2) is 9.64. The number of amidine groups is 1. The quantitative estimate of drug-likeness (QED) is 0.432. The van der Waals surface area contributed by atoms with Crippen molar-refractivity contribution in [3.63, 3.8) is 0 Å². The van der Waals surface area contributed by atoms with E-state index in [0.29, 0.717) is 33.4 Å². The lowest BCUT2D eigenvalue weighted by molar-refractivity contribution is -0.122. The van der Waals surface area contributed by atoms with E-state index in [1.165, 1.54) is 23.1 Å². The molecule has 2 heterocycles. The van der Waals surface area contributed by atoms with Gasteiger partial charge in [-0.2, -0.15) is 4.99 Å². The number of aliphatic imine (C=N–C) groups is 1. The highest BCUT2D eigenvalue weighted by molar-refractivity contribution is 8.18. The van der Waals surface area contributed by atoms with E-state index in [4.69, 9.17) is 16.3 Å². The minimum absolute atomic E-state index is 0.0695. The van der Waals surface area contributed by atoms with Gasteiger partial charge in [0.2, 0.25) is 5.13 Å². The Bertz CT molecular complexity index is 1160. The number of nitrogens with zero attached hydrogens (tertiary/aromatic N) is 4. The minimum Gasteiger partial charge on any atom is -0.489 e. The summed E-state index contributed by atoms with van der Waals surface area (Å²) in [4.78, 5) is 19.6. The predicted octanol–water partition coefficient (Wildman–Crippen LogP) is 5.70. The minimum atomic E-state index is -0.0695. The van der Waals surface area contributed by atoms with Crippen LogP contribution in [0, 0.1) is 6.92 Å². The highest BCUT2D eigenvalue weighted by Gasteiger charge is 2.32. The number of thioether (sulfide) groups is 1. The lowest BCUT2D eigenvalue weighted by Gasteiger charge is -2.11. The maximum absolute atomic E-state index is 12.9. The Balaban J connectivity index is 1.51. The summed E-state index contributed by atoms with van der Waals surface area (Å²) in [5.74, 6) is 0.658. The van der Waals surface area contributed by atoms with Crippen molar-refractivity contribution in [1.82, 2.24) is 15.1 Å². The summed E-state index contributed by atoms with van der Waals surface area (Å²) in [6.07, 6.45) is 1.86. The van der Waals surface area contributed by atoms with Crippen molar-refractivity contribution in [2.45, 2.75) is 20.5 Å². The zero-order chi connectivity index (χ0) is 21.8. The largest absolute Gasteiger partial charge is 0.489 e. The lowest BCUT2D eigenvalue weighted by atomic mass is 10.2. The number of likely N-dealkylation sites (N-methyl/N-ethyl adjacent to an activating group) is 1. The molecule has 0 radical (unpaired) electrons. The van der Waals surface area contributed by atoms with Gasteiger partial charge in [-0.3, -0.25) is 9.69 Å². The molecule has 0 bridgehead atoms. The first-order chi connectivity index (χ1) is 15.0. The van der Waals surface area contributed by atoms with Crippen molar-refractivity contribution in [2.24, 2.45) is 4.99 Å². The summed E-state index contributed by atoms with van der Waals surface area (Å²) in [7, 11) is 0. The number of carbonyl (C=O) groups is 1. The van der Waals surface area contributed by atoms with E-state index in [0.717, 1.165) is 21.9 Å². The van der Waals surface area contributed by atoms with Crippen molar-refractivity contribution < 1.29 is 9.53 Å². The van der Waals surface area contributed by atoms with Crippen molar-refractivity contribution >= 4 is 57.0 Å². The number of ether oxygens (including phenoxy) is 1. The van der Waals surface area contributed by atoms with E-state index in [1.54, 1.807) is 4.90 Å². The first-order valence-electron chi connectivity index (χ1n) is 9.59. The molecule has 1 amide bonds. The molecular weight excluding hydrogens is 452 g/mol. The Labute approximate surface area is 193 Å². The van der Waals surface area contributed by atoms with Gasteiger partial charge in [0, 0.05) is 11.6 Å². The van der Waals surface area contributed by atoms with Crippen molar-refractivity contribution in [1.29, 1.82) is 0 Å². The van der Waals surface area contributed by atoms with Crippen LogP contribution in [0.1, 0.15) is 23.1 Å². The molecule has 9 heteroatoms. The van der Waals surface area contributed by atoms with Crippen LogP contribution in [0.15, 0.2) is 58.4 Å². The predicted molar refractivity (Wildman–Crippen MR) is 127 cm³/mol. The van der Waals surface area contributed by atoms with E-state index in [-0.39, 0.29) is 5.91 Å². The van der Waals surface area contributed by atoms with Crippen LogP contribution in [0.25, 0.3) is 6.08 Å². The molecule has 6 nitrogen and oxygen atoms in total. The second-order valence-electron chi connectivity index (χ2n) is 6.65. The SMILES string of the molecule is CCN1C(=O)/C(=C/c2cccc(OCc3ccc(Cl)cc3)c2)S/C1=N/c1nnc(C)s1. The van der Waals surface area contributed by atoms with Crippen molar-refractivity contribution in [3.05, 3.63) is 74.6 Å². The molecule has 0 unspecified atom stereocenters. The second-order valence-corrected chi connectivity index (χ2v) is 9.25. The Kier molecular flexibility index (Phi) is 6.70. The number of carbonyl (C=O) groups excluding carboxylic acids is 1. The smallest absolute Gasteiger partial charge is 0.266 e. The molecule has 0 N–H and O–H groups in total. The topological polar surface area (TPSA) is 67.7 Å². The van der Waals surface area contributed by atoms with E-state index in [1.807, 2.05) is 68.5 Å². The maximum atomic E-state index is 12.9. The van der Waals surface area contributed by atoms with Gasteiger partial charge in [-0.15, -0.1) is 10.2 Å². The Hall–Kier alpha value is -2.68. The van der Waals surface area contributed by atoms with Crippen LogP contribution in [0.5, 0.6) is 5.75 Å². The lowest BCUT2D eigenvalue weighted by Crippen LogP contribution is -2.28. The van der Waals surface area contributed by atoms with Gasteiger partial charge in [0.15, 0.2) is 5.17 Å². The molecule has 0 atom stereocenters. The molecule has 158 valence electrons. The first kappa shape index (κ1) is 21.5. The number of halogens is 1. The van der Waals surface area contributed by atoms with Gasteiger partial charge in [-0.05, 0) is 67.1 Å². The third-order valence-corrected chi connectivity index (χ3v) is 6.38. The molecule has 0 aliphatic carbocycles. The molecule has 1 saturated heterocycles. The molecule has 2 aromatic carbocycles. The maximum Gasteiger partial charge on any atom is 0.266 e. The summed E-state index contributed by atoms with van der Waals surface area (Å²) in [5.41, 5.74) is 1.91. The molecule has 1 aromatic heterocycles. The molecule has 0 saturated carbocycles. The monoisotopic (exact) mass is 470 g/mol. The van der Waals surface area contributed by atoms with Gasteiger partial charge in [0.25, 0.3) is 5.91 Å². The number of hydrogen-bond acceptors (Lipinski definition) is 7. The summed E-state index contributed by atoms with van der Waals surface area (Å²) < 4.78 is 5.90. The van der Waals surface area contributed by atoms with Gasteiger partial charge >= 0.3 is 0 Å². The average Bonchev–Trinajstić information content (AvgIpc) is 3.30. The van der Waals surface area contributed by atoms with Gasteiger partial charge in [-0.1, -0.05) is 47.2 Å². The molecule has 3 aromatic rings. The average molecular weight is 471 g/mol. The summed E-state index contributed by atoms with van der Waals surface area (Å²) in [6.45, 7) is 4.77. The highest BCUT2D eigenvalue weighted by atomic mass is 35.5. The molecule has 1 fully saturated rings. The molecule has 1 aliphatic rings. The zero-order valence-electron chi connectivity index (χ0n) is 16.9. The van der Waals surface area contributed by atoms with Gasteiger partial charge < -0.3 is 4.74 Å². The summed E-state index contributed by atoms with van der Waals surface area (Å²) in [5, 5.41) is 10.7. The van der Waals surface area contributed by atoms with Gasteiger partial charge in [-0.25, -0.2) is 0 Å². The van der Waals surface area contributed by atoms with Crippen LogP contribution in [-0.4, -0.2) is 32.7 Å². The zero-order valence-corrected chi connectivity index (χ0v) is 19.3. The van der Waals surface area contributed by atoms with E-state index in [2.05, 4.69) is 15.2 Å². The number of benzene rings is 2. The fraction of sp³-hybridized carbons (Fsp3) is 0.182. The number of aromatic nitrogens is 2. The van der Waals surface area contributed by atoms with Gasteiger partial charge in [0.05, 0.1) is 4.91 Å². The van der Waals surface area contributed by atoms with E-state index >= 15 is 0 Å². The van der Waals surface area contributed by atoms with E-state index < -0.39 is 0 Å². The molecule has 4 rings (SSSR count). The number of hydrogen-bond donors (Lipinski definition) is 0. The van der Waals surface area contributed by atoms with Crippen LogP contribution < -0.4 is 4.74 Å². The molecular formula is C22H19ClN4O2S2. The van der Waals surface area contributed by atoms with Crippen molar-refractivity contribution in [3.8, 4) is 5.75 Å². The third kappa shape index (κ3) is 5.33. The molecule has 0 spiro atoms. The van der Waals surface area contributed by atoms with E-state index in [9.17, 15) is 4.79 Å². The summed E-state index contributed by atoms with van der Waals surface area (Å²) >= 11 is 8.66. The fourth-order valence-electron chi connectivity index (χ4n) is 2.88. The fourth-order valence-corrected chi connectivity index (χ4v) is 4.66. The molecule has 31 heavy (non-hydrogen) atoms. The highest BCUT2D eigenvalue weighted by Crippen LogP contribution is 2.34. The normalized spacial score (nSPS) is 16.5. The Morgan fingerprint density at radius 2 is 2.00 bits per heavy atom. The number of amides is 1. The standard InChI is InChI=1S/C22H19ClN4O2S2/c1-3-27-20(28)19(31-22(27)24-21-26-25-14(2)30-21)12-16-5-4-6-18(11-16)29-13-15-7-9-17(23)10-8-15/h4-12H,3,13H2,1-2H3/b19-12-,24-22+. The Morgan fingerprint density at radius 1 is 1.19 bits per heavy atom. The number of rotatable bonds is 6. The summed E-state index contributed by atoms with van der Waals surface area (Å²) in [6, 6.07) is 15.2. The Morgan fingerprint density at radius 3 is 2.71 bits per heavy atom. The third-order valence-electron chi connectivity index (χ3n) is 4.39. The molecule has 1 aliphatic heterocycles. The van der Waals surface area contributed by atoms with Crippen molar-refractivity contribution in [2.75, 3.05) is 6.54 Å². The van der Waals surface area contributed by atoms with Gasteiger partial charge in [0.1, 0.15) is 17.4 Å². The van der Waals surface area contributed by atoms with Crippen LogP contribution in [0.4, 0.5) is 5.13 Å². The van der Waals surface area contributed by atoms with Crippen LogP contribution in [0.2, 0.25) is 5.02 Å². The number of aryl methyl sites for hydroxylation is 1. The first-order valence-corrected chi connectivity index (χ1v) is 11.6. The van der Waals surface area contributed by atoms with Crippen LogP contribution in [0.3, 0.4) is 0 Å². The van der Waals surface area contributed by atoms with Crippen LogP contribution in [-0.2, 0) is 11.4 Å².